The lowest BCUT2D eigenvalue weighted by Crippen LogP contribution is -2.51. The lowest BCUT2D eigenvalue weighted by atomic mass is 9.45. The first-order valence-corrected chi connectivity index (χ1v) is 15.5. The smallest absolute Gasteiger partial charge is 0.0496 e. The van der Waals surface area contributed by atoms with Gasteiger partial charge in [-0.3, -0.25) is 0 Å². The summed E-state index contributed by atoms with van der Waals surface area (Å²) in [6, 6.07) is 0. The largest absolute Gasteiger partial charge is 0.397 e. The molecule has 0 spiro atoms. The standard InChI is InChI=1S/C28H50O.C2H6O.C2H6.2C2H2/c1-9-20(4)23(18-29-8)24-12-13-26-25(27(24,5)6)11-10-22-17-21(16-19(2)3)14-15-28(22,26)7;1-2-3;3*1-2/h11,19-24,26H,9-10,12-18H2,1-8H3;3H,2H2,1H3;1-2H3;2*1-2H/t20-,21?,22?,23-,24?,26?,28-;;;;/m0..../s1. The number of fused-ring (bicyclic) bond motifs is 3. The summed E-state index contributed by atoms with van der Waals surface area (Å²) in [4.78, 5) is 0. The molecule has 0 bridgehead atoms. The van der Waals surface area contributed by atoms with Crippen LogP contribution < -0.4 is 0 Å². The molecule has 0 amide bonds. The topological polar surface area (TPSA) is 29.5 Å². The van der Waals surface area contributed by atoms with Gasteiger partial charge >= 0.3 is 0 Å². The van der Waals surface area contributed by atoms with Crippen LogP contribution in [0.25, 0.3) is 0 Å². The summed E-state index contributed by atoms with van der Waals surface area (Å²) in [6.07, 6.45) is 30.0. The summed E-state index contributed by atoms with van der Waals surface area (Å²) in [7, 11) is 1.90. The lowest BCUT2D eigenvalue weighted by molar-refractivity contribution is -0.0384. The Morgan fingerprint density at radius 1 is 1.00 bits per heavy atom. The van der Waals surface area contributed by atoms with E-state index in [1.807, 2.05) is 26.5 Å². The van der Waals surface area contributed by atoms with E-state index >= 15 is 0 Å². The van der Waals surface area contributed by atoms with E-state index in [9.17, 15) is 0 Å². The maximum absolute atomic E-state index is 7.57. The first-order chi connectivity index (χ1) is 18.1. The van der Waals surface area contributed by atoms with Gasteiger partial charge in [0, 0.05) is 20.3 Å². The van der Waals surface area contributed by atoms with Crippen molar-refractivity contribution in [1.29, 1.82) is 0 Å². The Labute approximate surface area is 240 Å². The van der Waals surface area contributed by atoms with Gasteiger partial charge in [0.15, 0.2) is 0 Å². The number of methoxy groups -OCH3 is 1. The van der Waals surface area contributed by atoms with E-state index in [0.717, 1.165) is 42.1 Å². The maximum Gasteiger partial charge on any atom is 0.0496 e. The number of allylic oxidation sites excluding steroid dienone is 2. The fraction of sp³-hybridized carbons (Fsp3) is 0.833. The van der Waals surface area contributed by atoms with Gasteiger partial charge in [-0.1, -0.05) is 80.4 Å². The Balaban J connectivity index is 0. The zero-order valence-electron chi connectivity index (χ0n) is 27.4. The van der Waals surface area contributed by atoms with Gasteiger partial charge in [0.05, 0.1) is 0 Å². The average Bonchev–Trinajstić information content (AvgIpc) is 2.91. The SMILES string of the molecule is C#C.C#C.CC.CCO.CC[C@H](C)[C@H](COC)C1CCC2C(=CCC3CC(CC(C)C)CC[C@@]32C)C1(C)C. The lowest BCUT2D eigenvalue weighted by Gasteiger charge is -2.59. The van der Waals surface area contributed by atoms with Crippen LogP contribution in [0.15, 0.2) is 11.6 Å². The summed E-state index contributed by atoms with van der Waals surface area (Å²) < 4.78 is 5.74. The van der Waals surface area contributed by atoms with Gasteiger partial charge in [-0.25, -0.2) is 0 Å². The zero-order valence-corrected chi connectivity index (χ0v) is 27.4. The van der Waals surface area contributed by atoms with E-state index in [1.165, 1.54) is 51.4 Å². The van der Waals surface area contributed by atoms with Crippen LogP contribution in [0, 0.1) is 77.9 Å². The van der Waals surface area contributed by atoms with Crippen molar-refractivity contribution >= 4 is 0 Å². The molecule has 0 saturated heterocycles. The number of terminal acetylenes is 2. The van der Waals surface area contributed by atoms with E-state index in [0.29, 0.717) is 16.7 Å². The molecule has 2 nitrogen and oxygen atoms in total. The quantitative estimate of drug-likeness (QED) is 0.262. The van der Waals surface area contributed by atoms with Crippen molar-refractivity contribution in [2.24, 2.45) is 52.3 Å². The van der Waals surface area contributed by atoms with Crippen LogP contribution in [0.5, 0.6) is 0 Å². The number of hydrogen-bond acceptors (Lipinski definition) is 2. The van der Waals surface area contributed by atoms with Crippen LogP contribution >= 0.6 is 0 Å². The molecule has 0 radical (unpaired) electrons. The molecule has 2 heteroatoms. The number of rotatable bonds is 7. The second-order valence-corrected chi connectivity index (χ2v) is 12.6. The monoisotopic (exact) mass is 531 g/mol. The van der Waals surface area contributed by atoms with Crippen molar-refractivity contribution < 1.29 is 9.84 Å². The molecule has 3 aliphatic carbocycles. The Bertz CT molecular complexity index is 663. The minimum absolute atomic E-state index is 0.250. The van der Waals surface area contributed by atoms with Crippen molar-refractivity contribution in [1.82, 2.24) is 0 Å². The first-order valence-electron chi connectivity index (χ1n) is 15.5. The maximum atomic E-state index is 7.57. The van der Waals surface area contributed by atoms with Crippen molar-refractivity contribution in [2.45, 2.75) is 121 Å². The predicted octanol–water partition coefficient (Wildman–Crippen LogP) is 9.67. The van der Waals surface area contributed by atoms with Crippen LogP contribution in [0.3, 0.4) is 0 Å². The highest BCUT2D eigenvalue weighted by molar-refractivity contribution is 5.27. The normalized spacial score (nSPS) is 30.3. The fourth-order valence-corrected chi connectivity index (χ4v) is 8.02. The fourth-order valence-electron chi connectivity index (χ4n) is 8.02. The molecule has 3 aliphatic rings. The number of ether oxygens (including phenoxy) is 1. The van der Waals surface area contributed by atoms with Crippen LogP contribution in [0.4, 0.5) is 0 Å². The average molecular weight is 531 g/mol. The third-order valence-electron chi connectivity index (χ3n) is 9.93. The minimum atomic E-state index is 0.250. The van der Waals surface area contributed by atoms with E-state index in [-0.39, 0.29) is 6.61 Å². The van der Waals surface area contributed by atoms with Crippen molar-refractivity contribution in [2.75, 3.05) is 20.3 Å². The van der Waals surface area contributed by atoms with E-state index in [1.54, 1.807) is 6.92 Å². The molecule has 0 aliphatic heterocycles. The van der Waals surface area contributed by atoms with Gasteiger partial charge in [-0.15, -0.1) is 25.7 Å². The van der Waals surface area contributed by atoms with Crippen molar-refractivity contribution in [3.8, 4) is 25.7 Å². The second kappa shape index (κ2) is 19.8. The van der Waals surface area contributed by atoms with Crippen LogP contribution in [0.2, 0.25) is 0 Å². The van der Waals surface area contributed by atoms with E-state index in [2.05, 4.69) is 80.2 Å². The van der Waals surface area contributed by atoms with Crippen molar-refractivity contribution in [3.63, 3.8) is 0 Å². The first kappa shape index (κ1) is 38.9. The molecule has 4 unspecified atom stereocenters. The molecular weight excluding hydrogens is 464 g/mol. The van der Waals surface area contributed by atoms with Gasteiger partial charge in [0.2, 0.25) is 0 Å². The summed E-state index contributed by atoms with van der Waals surface area (Å²) in [6.45, 7) is 24.3. The van der Waals surface area contributed by atoms with E-state index in [4.69, 9.17) is 9.84 Å². The molecule has 0 aromatic rings. The van der Waals surface area contributed by atoms with Gasteiger partial charge in [0.1, 0.15) is 0 Å². The van der Waals surface area contributed by atoms with Gasteiger partial charge < -0.3 is 9.84 Å². The molecular formula is C36H66O2. The molecule has 0 heterocycles. The molecule has 0 aromatic carbocycles. The van der Waals surface area contributed by atoms with Crippen LogP contribution in [-0.4, -0.2) is 25.4 Å². The number of hydrogen-bond donors (Lipinski definition) is 1. The summed E-state index contributed by atoms with van der Waals surface area (Å²) in [5, 5.41) is 7.57. The Kier molecular flexibility index (Phi) is 20.3. The van der Waals surface area contributed by atoms with Gasteiger partial charge in [-0.2, -0.15) is 0 Å². The summed E-state index contributed by atoms with van der Waals surface area (Å²) in [5.41, 5.74) is 2.70. The van der Waals surface area contributed by atoms with E-state index < -0.39 is 0 Å². The minimum Gasteiger partial charge on any atom is -0.397 e. The molecule has 38 heavy (non-hydrogen) atoms. The molecule has 222 valence electrons. The molecule has 1 N–H and O–H groups in total. The number of aliphatic hydroxyl groups is 1. The highest BCUT2D eigenvalue weighted by atomic mass is 16.5. The third kappa shape index (κ3) is 9.76. The molecule has 7 atom stereocenters. The van der Waals surface area contributed by atoms with Gasteiger partial charge in [-0.05, 0) is 104 Å². The van der Waals surface area contributed by atoms with Crippen LogP contribution in [0.1, 0.15) is 121 Å². The number of aliphatic hydroxyl groups excluding tert-OH is 1. The highest BCUT2D eigenvalue weighted by Crippen LogP contribution is 2.64. The Morgan fingerprint density at radius 2 is 1.55 bits per heavy atom. The molecule has 0 aromatic heterocycles. The predicted molar refractivity (Wildman–Crippen MR) is 170 cm³/mol. The molecule has 2 saturated carbocycles. The van der Waals surface area contributed by atoms with Gasteiger partial charge in [0.25, 0.3) is 0 Å². The third-order valence-corrected chi connectivity index (χ3v) is 9.93. The van der Waals surface area contributed by atoms with Crippen LogP contribution in [-0.2, 0) is 4.74 Å². The highest BCUT2D eigenvalue weighted by Gasteiger charge is 2.54. The Hall–Kier alpha value is -1.22. The summed E-state index contributed by atoms with van der Waals surface area (Å²) >= 11 is 0. The second-order valence-electron chi connectivity index (χ2n) is 12.6. The van der Waals surface area contributed by atoms with Crippen molar-refractivity contribution in [3.05, 3.63) is 11.6 Å². The molecule has 3 rings (SSSR count). The Morgan fingerprint density at radius 3 is 2.03 bits per heavy atom. The zero-order chi connectivity index (χ0) is 30.1. The molecule has 2 fully saturated rings. The summed E-state index contributed by atoms with van der Waals surface area (Å²) in [5.74, 6) is 5.77.